The van der Waals surface area contributed by atoms with E-state index in [1.54, 1.807) is 10.8 Å². The first kappa shape index (κ1) is 39.3. The minimum Gasteiger partial charge on any atom is -0.387 e. The smallest absolute Gasteiger partial charge is 0.253 e. The van der Waals surface area contributed by atoms with Crippen molar-refractivity contribution in [3.8, 4) is 11.3 Å². The number of imide groups is 1. The lowest BCUT2D eigenvalue weighted by atomic mass is 9.79. The summed E-state index contributed by atoms with van der Waals surface area (Å²) in [5.41, 5.74) is 0.0113. The third-order valence-corrected chi connectivity index (χ3v) is 9.57. The number of aromatic nitrogens is 2. The van der Waals surface area contributed by atoms with Crippen LogP contribution in [0.25, 0.3) is 11.3 Å². The summed E-state index contributed by atoms with van der Waals surface area (Å²) >= 11 is 0. The Bertz CT molecular complexity index is 1780. The zero-order chi connectivity index (χ0) is 38.1. The number of nitrogens with zero attached hydrogens (tertiary/aromatic N) is 4. The first-order valence-electron chi connectivity index (χ1n) is 17.6. The van der Waals surface area contributed by atoms with Crippen molar-refractivity contribution in [1.29, 1.82) is 0 Å². The van der Waals surface area contributed by atoms with Crippen LogP contribution >= 0.6 is 0 Å². The summed E-state index contributed by atoms with van der Waals surface area (Å²) in [6, 6.07) is 11.5. The number of aliphatic hydroxyl groups is 1. The van der Waals surface area contributed by atoms with E-state index in [-0.39, 0.29) is 75.9 Å². The average Bonchev–Trinajstić information content (AvgIpc) is 3.83. The topological polar surface area (TPSA) is 146 Å². The van der Waals surface area contributed by atoms with E-state index in [0.29, 0.717) is 12.4 Å². The van der Waals surface area contributed by atoms with Gasteiger partial charge in [-0.25, -0.2) is 18.2 Å². The predicted octanol–water partition coefficient (Wildman–Crippen LogP) is 3.16. The third kappa shape index (κ3) is 9.97. The van der Waals surface area contributed by atoms with Crippen LogP contribution in [-0.2, 0) is 30.5 Å². The van der Waals surface area contributed by atoms with Crippen LogP contribution in [0.2, 0.25) is 0 Å². The van der Waals surface area contributed by atoms with Gasteiger partial charge in [-0.05, 0) is 35.6 Å². The van der Waals surface area contributed by atoms with Gasteiger partial charge in [0.2, 0.25) is 11.8 Å². The lowest BCUT2D eigenvalue weighted by Crippen LogP contribution is -2.48. The molecule has 5 rings (SSSR count). The Balaban J connectivity index is 1.40. The Morgan fingerprint density at radius 2 is 1.83 bits per heavy atom. The highest BCUT2D eigenvalue weighted by Gasteiger charge is 2.43. The molecule has 0 bridgehead atoms. The summed E-state index contributed by atoms with van der Waals surface area (Å²) in [7, 11) is 0. The van der Waals surface area contributed by atoms with E-state index in [4.69, 9.17) is 9.72 Å². The van der Waals surface area contributed by atoms with Crippen molar-refractivity contribution < 1.29 is 42.2 Å². The van der Waals surface area contributed by atoms with E-state index in [1.165, 1.54) is 17.1 Å². The summed E-state index contributed by atoms with van der Waals surface area (Å²) in [4.78, 5) is 57.1. The standard InChI is InChI=1S/C38H45F3N6O6/c1-38(2,13-14-43-32(49)12-16-53-17-15-46-33(50)10-11-34(46)51)36(47(35(52)24-48)22-26-19-42-20-30(26)41)37-44-31(28-18-27(39)8-9-29(28)40)23-45(37)21-25-6-4-3-5-7-25/h3-11,18,23,26,30,36,42,48H,12-17,19-22,24H2,1-2H3,(H,43,49). The first-order chi connectivity index (χ1) is 25.4. The molecule has 0 aliphatic carbocycles. The number of aliphatic hydroxyl groups excluding tert-OH is 1. The van der Waals surface area contributed by atoms with Crippen molar-refractivity contribution in [3.63, 3.8) is 0 Å². The van der Waals surface area contributed by atoms with Crippen LogP contribution in [0.4, 0.5) is 13.2 Å². The van der Waals surface area contributed by atoms with E-state index in [2.05, 4.69) is 10.6 Å². The quantitative estimate of drug-likeness (QED) is 0.133. The third-order valence-electron chi connectivity index (χ3n) is 9.57. The number of alkyl halides is 1. The highest BCUT2D eigenvalue weighted by atomic mass is 19.1. The molecular formula is C38H45F3N6O6. The molecule has 1 fully saturated rings. The van der Waals surface area contributed by atoms with Gasteiger partial charge in [0.1, 0.15) is 30.2 Å². The fourth-order valence-corrected chi connectivity index (χ4v) is 6.69. The SMILES string of the molecule is CC(C)(CCNC(=O)CCOCCN1C(=O)C=CC1=O)C(c1nc(-c2cc(F)ccc2F)cn1Cc1ccccc1)N(CC1CNCC1F)C(=O)CO. The fraction of sp³-hybridized carbons (Fsp3) is 0.447. The lowest BCUT2D eigenvalue weighted by molar-refractivity contribution is -0.141. The van der Waals surface area contributed by atoms with Gasteiger partial charge in [0.15, 0.2) is 0 Å². The number of carbonyl (C=O) groups excluding carboxylic acids is 4. The second-order valence-electron chi connectivity index (χ2n) is 13.9. The number of imidazole rings is 1. The summed E-state index contributed by atoms with van der Waals surface area (Å²) in [6.07, 6.45) is 3.01. The molecule has 3 unspecified atom stereocenters. The number of carbonyl (C=O) groups is 4. The molecule has 3 heterocycles. The number of amides is 4. The molecule has 12 nitrogen and oxygen atoms in total. The van der Waals surface area contributed by atoms with E-state index >= 15 is 8.78 Å². The number of hydrogen-bond donors (Lipinski definition) is 3. The fourth-order valence-electron chi connectivity index (χ4n) is 6.69. The van der Waals surface area contributed by atoms with Crippen LogP contribution < -0.4 is 10.6 Å². The van der Waals surface area contributed by atoms with Crippen molar-refractivity contribution in [3.05, 3.63) is 89.9 Å². The molecule has 1 aromatic heterocycles. The van der Waals surface area contributed by atoms with Gasteiger partial charge in [0.05, 0.1) is 31.5 Å². The molecule has 0 spiro atoms. The van der Waals surface area contributed by atoms with E-state index in [0.717, 1.165) is 28.7 Å². The molecule has 3 atom stereocenters. The Labute approximate surface area is 306 Å². The molecule has 4 amide bonds. The van der Waals surface area contributed by atoms with Gasteiger partial charge in [-0.1, -0.05) is 44.2 Å². The molecular weight excluding hydrogens is 693 g/mol. The zero-order valence-electron chi connectivity index (χ0n) is 29.8. The molecule has 2 aromatic carbocycles. The number of benzene rings is 2. The zero-order valence-corrected chi connectivity index (χ0v) is 29.8. The van der Waals surface area contributed by atoms with Crippen molar-refractivity contribution in [2.75, 3.05) is 52.5 Å². The van der Waals surface area contributed by atoms with Crippen LogP contribution in [0.15, 0.2) is 66.9 Å². The summed E-state index contributed by atoms with van der Waals surface area (Å²) in [5.74, 6) is -3.44. The number of rotatable bonds is 18. The highest BCUT2D eigenvalue weighted by molar-refractivity contribution is 6.12. The Hall–Kier alpha value is -4.86. The summed E-state index contributed by atoms with van der Waals surface area (Å²) in [6.45, 7) is 3.84. The monoisotopic (exact) mass is 738 g/mol. The van der Waals surface area contributed by atoms with Gasteiger partial charge >= 0.3 is 0 Å². The van der Waals surface area contributed by atoms with Gasteiger partial charge in [-0.2, -0.15) is 0 Å². The van der Waals surface area contributed by atoms with Gasteiger partial charge in [0, 0.05) is 69.0 Å². The van der Waals surface area contributed by atoms with Crippen LogP contribution in [0.5, 0.6) is 0 Å². The summed E-state index contributed by atoms with van der Waals surface area (Å²) in [5, 5.41) is 16.1. The van der Waals surface area contributed by atoms with Gasteiger partial charge < -0.3 is 29.9 Å². The van der Waals surface area contributed by atoms with Crippen LogP contribution in [0.3, 0.4) is 0 Å². The van der Waals surface area contributed by atoms with Crippen molar-refractivity contribution >= 4 is 23.6 Å². The first-order valence-corrected chi connectivity index (χ1v) is 17.6. The second-order valence-corrected chi connectivity index (χ2v) is 13.9. The normalized spacial score (nSPS) is 17.8. The maximum Gasteiger partial charge on any atom is 0.253 e. The van der Waals surface area contributed by atoms with Crippen molar-refractivity contribution in [2.45, 2.75) is 45.4 Å². The van der Waals surface area contributed by atoms with Crippen LogP contribution in [-0.4, -0.2) is 107 Å². The van der Waals surface area contributed by atoms with E-state index in [9.17, 15) is 28.7 Å². The molecule has 1 saturated heterocycles. The number of ether oxygens (including phenoxy) is 1. The number of hydrogen-bond acceptors (Lipinski definition) is 8. The Morgan fingerprint density at radius 3 is 2.51 bits per heavy atom. The average molecular weight is 739 g/mol. The van der Waals surface area contributed by atoms with Gasteiger partial charge in [-0.15, -0.1) is 0 Å². The molecule has 2 aliphatic rings. The molecule has 15 heteroatoms. The second kappa shape index (κ2) is 17.8. The Morgan fingerprint density at radius 1 is 1.09 bits per heavy atom. The van der Waals surface area contributed by atoms with Gasteiger partial charge in [-0.3, -0.25) is 24.1 Å². The minimum atomic E-state index is -1.25. The maximum atomic E-state index is 15.1. The largest absolute Gasteiger partial charge is 0.387 e. The van der Waals surface area contributed by atoms with Crippen LogP contribution in [0, 0.1) is 23.0 Å². The Kier molecular flexibility index (Phi) is 13.2. The molecule has 0 saturated carbocycles. The van der Waals surface area contributed by atoms with Crippen molar-refractivity contribution in [1.82, 2.24) is 30.0 Å². The van der Waals surface area contributed by atoms with Crippen molar-refractivity contribution in [2.24, 2.45) is 11.3 Å². The predicted molar refractivity (Wildman–Crippen MR) is 189 cm³/mol. The molecule has 53 heavy (non-hydrogen) atoms. The minimum absolute atomic E-state index is 0.00966. The van der Waals surface area contributed by atoms with E-state index in [1.807, 2.05) is 44.2 Å². The summed E-state index contributed by atoms with van der Waals surface area (Å²) < 4.78 is 51.8. The number of halogens is 3. The maximum absolute atomic E-state index is 15.1. The van der Waals surface area contributed by atoms with Gasteiger partial charge in [0.25, 0.3) is 11.8 Å². The number of nitrogens with one attached hydrogen (secondary N) is 2. The molecule has 2 aliphatic heterocycles. The molecule has 3 aromatic rings. The van der Waals surface area contributed by atoms with E-state index < -0.39 is 59.5 Å². The molecule has 0 radical (unpaired) electrons. The molecule has 3 N–H and O–H groups in total. The lowest BCUT2D eigenvalue weighted by Gasteiger charge is -2.43. The highest BCUT2D eigenvalue weighted by Crippen LogP contribution is 2.42. The van der Waals surface area contributed by atoms with Crippen LogP contribution in [0.1, 0.15) is 44.1 Å². The molecule has 284 valence electrons.